The van der Waals surface area contributed by atoms with E-state index in [1.165, 1.54) is 16.2 Å². The third-order valence-electron chi connectivity index (χ3n) is 5.18. The van der Waals surface area contributed by atoms with Gasteiger partial charge < -0.3 is 20.4 Å². The van der Waals surface area contributed by atoms with E-state index in [9.17, 15) is 24.6 Å². The summed E-state index contributed by atoms with van der Waals surface area (Å²) in [7, 11) is 0. The normalized spacial score (nSPS) is 21.4. The molecule has 2 aliphatic heterocycles. The number of hydrogen-bond donors (Lipinski definition) is 4. The first-order valence-corrected chi connectivity index (χ1v) is 9.94. The van der Waals surface area contributed by atoms with Gasteiger partial charge in [0.25, 0.3) is 0 Å². The Hall–Kier alpha value is -3.17. The van der Waals surface area contributed by atoms with Crippen LogP contribution in [0.25, 0.3) is 5.57 Å². The zero-order chi connectivity index (χ0) is 20.7. The second-order valence-electron chi connectivity index (χ2n) is 7.01. The van der Waals surface area contributed by atoms with Gasteiger partial charge in [0.2, 0.25) is 5.91 Å². The monoisotopic (exact) mass is 413 g/mol. The number of amides is 3. The molecule has 0 saturated carbocycles. The van der Waals surface area contributed by atoms with Gasteiger partial charge in [-0.1, -0.05) is 12.1 Å². The number of carbonyl (C=O) groups is 3. The van der Waals surface area contributed by atoms with Crippen LogP contribution in [0.2, 0.25) is 0 Å². The van der Waals surface area contributed by atoms with Crippen LogP contribution in [0, 0.1) is 5.92 Å². The number of rotatable bonds is 5. The minimum Gasteiger partial charge on any atom is -0.477 e. The van der Waals surface area contributed by atoms with Gasteiger partial charge in [0.15, 0.2) is 0 Å². The second kappa shape index (κ2) is 7.34. The summed E-state index contributed by atoms with van der Waals surface area (Å²) in [6, 6.07) is 9.70. The van der Waals surface area contributed by atoms with Crippen molar-refractivity contribution in [2.45, 2.75) is 25.5 Å². The summed E-state index contributed by atoms with van der Waals surface area (Å²) in [5, 5.41) is 27.5. The maximum absolute atomic E-state index is 12.3. The van der Waals surface area contributed by atoms with E-state index in [2.05, 4.69) is 10.6 Å². The van der Waals surface area contributed by atoms with E-state index >= 15 is 0 Å². The summed E-state index contributed by atoms with van der Waals surface area (Å²) in [4.78, 5) is 37.4. The largest absolute Gasteiger partial charge is 0.477 e. The van der Waals surface area contributed by atoms with Crippen molar-refractivity contribution < 1.29 is 24.6 Å². The van der Waals surface area contributed by atoms with E-state index in [4.69, 9.17) is 0 Å². The van der Waals surface area contributed by atoms with Crippen LogP contribution in [0.3, 0.4) is 0 Å². The molecule has 1 aromatic heterocycles. The molecule has 2 aliphatic rings. The lowest BCUT2D eigenvalue weighted by Crippen LogP contribution is -2.61. The van der Waals surface area contributed by atoms with Gasteiger partial charge in [0.05, 0.1) is 23.1 Å². The van der Waals surface area contributed by atoms with Gasteiger partial charge in [-0.15, -0.1) is 11.3 Å². The summed E-state index contributed by atoms with van der Waals surface area (Å²) < 4.78 is 0. The van der Waals surface area contributed by atoms with Crippen LogP contribution in [0.4, 0.5) is 15.5 Å². The van der Waals surface area contributed by atoms with Gasteiger partial charge in [-0.25, -0.2) is 9.59 Å². The Bertz CT molecular complexity index is 998. The SMILES string of the molecule is C[C@@H](O)[C@H]1C(=O)N2C(C(=O)O)=C(c3ccc(NC(=O)Nc4cccs4)cc3)C[C@H]12. The van der Waals surface area contributed by atoms with E-state index in [0.29, 0.717) is 23.2 Å². The minimum absolute atomic E-state index is 0.0342. The van der Waals surface area contributed by atoms with Crippen molar-refractivity contribution in [2.24, 2.45) is 5.92 Å². The first-order chi connectivity index (χ1) is 13.9. The Labute approximate surface area is 170 Å². The minimum atomic E-state index is -1.17. The molecule has 3 heterocycles. The number of carboxylic acid groups (broad SMARTS) is 1. The summed E-state index contributed by atoms with van der Waals surface area (Å²) in [6.45, 7) is 1.54. The Morgan fingerprint density at radius 2 is 1.93 bits per heavy atom. The molecule has 1 fully saturated rings. The van der Waals surface area contributed by atoms with E-state index in [0.717, 1.165) is 5.00 Å². The lowest BCUT2D eigenvalue weighted by atomic mass is 9.82. The summed E-state index contributed by atoms with van der Waals surface area (Å²) in [5.41, 5.74) is 1.74. The van der Waals surface area contributed by atoms with Crippen LogP contribution in [0.15, 0.2) is 47.5 Å². The number of aliphatic hydroxyl groups excluding tert-OH is 1. The summed E-state index contributed by atoms with van der Waals surface area (Å²) in [6.07, 6.45) is -0.458. The molecular weight excluding hydrogens is 394 g/mol. The van der Waals surface area contributed by atoms with Gasteiger partial charge in [-0.2, -0.15) is 0 Å². The third kappa shape index (κ3) is 3.39. The molecule has 0 unspecified atom stereocenters. The average molecular weight is 413 g/mol. The van der Waals surface area contributed by atoms with Crippen molar-refractivity contribution in [3.63, 3.8) is 0 Å². The standard InChI is InChI=1S/C20H19N3O5S/c1-10(24)16-14-9-13(17(19(26)27)23(14)18(16)25)11-4-6-12(7-5-11)21-20(28)22-15-3-2-8-29-15/h2-8,10,14,16,24H,9H2,1H3,(H,26,27)(H2,21,22,28)/t10-,14-,16-/m1/s1. The average Bonchev–Trinajstić information content (AvgIpc) is 3.27. The molecule has 1 aromatic carbocycles. The summed E-state index contributed by atoms with van der Waals surface area (Å²) >= 11 is 1.41. The quantitative estimate of drug-likeness (QED) is 0.562. The highest BCUT2D eigenvalue weighted by atomic mass is 32.1. The van der Waals surface area contributed by atoms with Crippen LogP contribution < -0.4 is 10.6 Å². The predicted molar refractivity (Wildman–Crippen MR) is 108 cm³/mol. The molecule has 8 nitrogen and oxygen atoms in total. The van der Waals surface area contributed by atoms with Gasteiger partial charge in [0, 0.05) is 5.69 Å². The highest BCUT2D eigenvalue weighted by molar-refractivity contribution is 7.14. The van der Waals surface area contributed by atoms with Crippen molar-refractivity contribution >= 4 is 45.5 Å². The Morgan fingerprint density at radius 3 is 2.52 bits per heavy atom. The molecular formula is C20H19N3O5S. The second-order valence-corrected chi connectivity index (χ2v) is 7.96. The molecule has 4 N–H and O–H groups in total. The van der Waals surface area contributed by atoms with E-state index in [-0.39, 0.29) is 23.7 Å². The molecule has 0 aliphatic carbocycles. The number of anilines is 2. The topological polar surface area (TPSA) is 119 Å². The van der Waals surface area contributed by atoms with Crippen LogP contribution in [0.1, 0.15) is 18.9 Å². The van der Waals surface area contributed by atoms with E-state index in [1.54, 1.807) is 37.3 Å². The molecule has 0 radical (unpaired) electrons. The number of carboxylic acids is 1. The molecule has 3 atom stereocenters. The number of β-lactam (4-membered cyclic amide) rings is 1. The van der Waals surface area contributed by atoms with Crippen LogP contribution in [-0.2, 0) is 9.59 Å². The highest BCUT2D eigenvalue weighted by Crippen LogP contribution is 2.46. The lowest BCUT2D eigenvalue weighted by Gasteiger charge is -2.44. The van der Waals surface area contributed by atoms with Gasteiger partial charge in [-0.3, -0.25) is 10.1 Å². The molecule has 9 heteroatoms. The van der Waals surface area contributed by atoms with Gasteiger partial charge in [0.1, 0.15) is 5.70 Å². The fraction of sp³-hybridized carbons (Fsp3) is 0.250. The van der Waals surface area contributed by atoms with Gasteiger partial charge in [-0.05, 0) is 54.1 Å². The van der Waals surface area contributed by atoms with Crippen LogP contribution >= 0.6 is 11.3 Å². The number of aliphatic carboxylic acids is 1. The molecule has 4 rings (SSSR count). The Morgan fingerprint density at radius 1 is 1.21 bits per heavy atom. The number of carbonyl (C=O) groups excluding carboxylic acids is 2. The molecule has 29 heavy (non-hydrogen) atoms. The first kappa shape index (κ1) is 19.2. The molecule has 2 aromatic rings. The van der Waals surface area contributed by atoms with Gasteiger partial charge >= 0.3 is 12.0 Å². The zero-order valence-corrected chi connectivity index (χ0v) is 16.3. The molecule has 3 amide bonds. The fourth-order valence-electron chi connectivity index (χ4n) is 3.91. The van der Waals surface area contributed by atoms with Crippen LogP contribution in [0.5, 0.6) is 0 Å². The fourth-order valence-corrected chi connectivity index (χ4v) is 4.52. The number of nitrogens with zero attached hydrogens (tertiary/aromatic N) is 1. The van der Waals surface area contributed by atoms with Crippen LogP contribution in [-0.4, -0.2) is 45.2 Å². The number of urea groups is 1. The molecule has 0 bridgehead atoms. The van der Waals surface area contributed by atoms with E-state index in [1.807, 2.05) is 11.4 Å². The van der Waals surface area contributed by atoms with Crippen molar-refractivity contribution in [3.8, 4) is 0 Å². The number of aliphatic hydroxyl groups is 1. The number of nitrogens with one attached hydrogen (secondary N) is 2. The predicted octanol–water partition coefficient (Wildman–Crippen LogP) is 2.80. The smallest absolute Gasteiger partial charge is 0.352 e. The zero-order valence-electron chi connectivity index (χ0n) is 15.5. The molecule has 1 saturated heterocycles. The highest BCUT2D eigenvalue weighted by Gasteiger charge is 2.56. The Balaban J connectivity index is 1.52. The molecule has 0 spiro atoms. The van der Waals surface area contributed by atoms with E-state index < -0.39 is 18.0 Å². The molecule has 150 valence electrons. The number of fused-ring (bicyclic) bond motifs is 1. The lowest BCUT2D eigenvalue weighted by molar-refractivity contribution is -0.161. The first-order valence-electron chi connectivity index (χ1n) is 9.06. The maximum Gasteiger partial charge on any atom is 0.352 e. The number of thiophene rings is 1. The van der Waals surface area contributed by atoms with Crippen molar-refractivity contribution in [1.82, 2.24) is 4.90 Å². The Kier molecular flexibility index (Phi) is 4.85. The third-order valence-corrected chi connectivity index (χ3v) is 5.97. The summed E-state index contributed by atoms with van der Waals surface area (Å²) in [5.74, 6) is -2.11. The maximum atomic E-state index is 12.3. The van der Waals surface area contributed by atoms with Crippen molar-refractivity contribution in [3.05, 3.63) is 53.0 Å². The number of hydrogen-bond acceptors (Lipinski definition) is 5. The van der Waals surface area contributed by atoms with Crippen molar-refractivity contribution in [1.29, 1.82) is 0 Å². The van der Waals surface area contributed by atoms with Crippen molar-refractivity contribution in [2.75, 3.05) is 10.6 Å². The number of benzene rings is 1.